The second-order valence-electron chi connectivity index (χ2n) is 4.49. The Balaban J connectivity index is 2.80. The van der Waals surface area contributed by atoms with Gasteiger partial charge in [0.1, 0.15) is 6.04 Å². The zero-order chi connectivity index (χ0) is 14.6. The van der Waals surface area contributed by atoms with Crippen LogP contribution in [0.15, 0.2) is 24.3 Å². The van der Waals surface area contributed by atoms with Crippen molar-refractivity contribution in [3.8, 4) is 0 Å². The minimum absolute atomic E-state index is 0.118. The number of halogens is 3. The minimum atomic E-state index is -4.39. The Bertz CT molecular complexity index is 446. The number of hydrogen-bond acceptors (Lipinski definition) is 2. The normalized spacial score (nSPS) is 15.0. The summed E-state index contributed by atoms with van der Waals surface area (Å²) >= 11 is 0. The molecule has 0 spiro atoms. The Labute approximate surface area is 109 Å². The quantitative estimate of drug-likeness (QED) is 0.868. The average molecular weight is 275 g/mol. The van der Waals surface area contributed by atoms with E-state index in [1.54, 1.807) is 6.92 Å². The molecule has 2 atom stereocenters. The summed E-state index contributed by atoms with van der Waals surface area (Å²) in [5, 5.41) is 11.5. The van der Waals surface area contributed by atoms with Crippen molar-refractivity contribution >= 4 is 5.97 Å². The molecule has 106 valence electrons. The van der Waals surface area contributed by atoms with E-state index >= 15 is 0 Å². The maximum Gasteiger partial charge on any atom is 0.416 e. The third-order valence-electron chi connectivity index (χ3n) is 2.75. The Kier molecular flexibility index (Phi) is 4.94. The van der Waals surface area contributed by atoms with Crippen molar-refractivity contribution in [1.29, 1.82) is 0 Å². The molecule has 2 N–H and O–H groups in total. The van der Waals surface area contributed by atoms with E-state index in [1.807, 2.05) is 0 Å². The summed E-state index contributed by atoms with van der Waals surface area (Å²) < 4.78 is 38.3. The predicted molar refractivity (Wildman–Crippen MR) is 64.8 cm³/mol. The summed E-state index contributed by atoms with van der Waals surface area (Å²) in [5.41, 5.74) is -0.515. The summed E-state index contributed by atoms with van der Waals surface area (Å²) in [5.74, 6) is -1.03. The highest BCUT2D eigenvalue weighted by Crippen LogP contribution is 2.32. The van der Waals surface area contributed by atoms with E-state index in [0.717, 1.165) is 6.07 Å². The monoisotopic (exact) mass is 275 g/mol. The largest absolute Gasteiger partial charge is 0.480 e. The predicted octanol–water partition coefficient (Wildman–Crippen LogP) is 2.70. The Hall–Kier alpha value is -1.56. The number of benzene rings is 1. The van der Waals surface area contributed by atoms with Crippen LogP contribution in [0.5, 0.6) is 0 Å². The van der Waals surface area contributed by atoms with Crippen LogP contribution in [-0.4, -0.2) is 23.2 Å². The zero-order valence-electron chi connectivity index (χ0n) is 10.7. The molecule has 1 aromatic rings. The fraction of sp³-hybridized carbons (Fsp3) is 0.462. The number of carbonyl (C=O) groups is 1. The molecular formula is C13H16F3NO2. The van der Waals surface area contributed by atoms with Crippen LogP contribution < -0.4 is 5.32 Å². The first-order valence-corrected chi connectivity index (χ1v) is 5.85. The molecule has 2 unspecified atom stereocenters. The molecule has 0 aliphatic rings. The lowest BCUT2D eigenvalue weighted by molar-refractivity contribution is -0.140. The van der Waals surface area contributed by atoms with Gasteiger partial charge in [-0.25, -0.2) is 0 Å². The molecule has 0 aromatic heterocycles. The third kappa shape index (κ3) is 4.55. The number of nitrogens with one attached hydrogen (secondary N) is 1. The second kappa shape index (κ2) is 6.06. The van der Waals surface area contributed by atoms with Crippen molar-refractivity contribution in [1.82, 2.24) is 5.32 Å². The molecule has 6 heteroatoms. The number of rotatable bonds is 5. The van der Waals surface area contributed by atoms with Crippen molar-refractivity contribution in [2.45, 2.75) is 38.5 Å². The maximum absolute atomic E-state index is 12.8. The highest BCUT2D eigenvalue weighted by atomic mass is 19.4. The Morgan fingerprint density at radius 1 is 1.32 bits per heavy atom. The van der Waals surface area contributed by atoms with E-state index in [2.05, 4.69) is 5.32 Å². The van der Waals surface area contributed by atoms with Gasteiger partial charge in [-0.2, -0.15) is 13.2 Å². The number of aliphatic carboxylic acids is 1. The lowest BCUT2D eigenvalue weighted by Gasteiger charge is -2.19. The lowest BCUT2D eigenvalue weighted by Crippen LogP contribution is -2.41. The number of carboxylic acids is 1. The van der Waals surface area contributed by atoms with Crippen LogP contribution in [0, 0.1) is 0 Å². The third-order valence-corrected chi connectivity index (χ3v) is 2.75. The Morgan fingerprint density at radius 2 is 1.89 bits per heavy atom. The van der Waals surface area contributed by atoms with E-state index in [4.69, 9.17) is 5.11 Å². The molecule has 0 bridgehead atoms. The maximum atomic E-state index is 12.8. The van der Waals surface area contributed by atoms with Crippen LogP contribution in [0.3, 0.4) is 0 Å². The minimum Gasteiger partial charge on any atom is -0.480 e. The zero-order valence-corrected chi connectivity index (χ0v) is 10.7. The highest BCUT2D eigenvalue weighted by Gasteiger charge is 2.33. The first-order chi connectivity index (χ1) is 8.71. The molecule has 1 rings (SSSR count). The van der Waals surface area contributed by atoms with Crippen LogP contribution in [0.25, 0.3) is 0 Å². The van der Waals surface area contributed by atoms with Crippen molar-refractivity contribution in [2.75, 3.05) is 0 Å². The highest BCUT2D eigenvalue weighted by molar-refractivity contribution is 5.72. The summed E-state index contributed by atoms with van der Waals surface area (Å²) in [6, 6.07) is 4.15. The molecule has 19 heavy (non-hydrogen) atoms. The van der Waals surface area contributed by atoms with E-state index < -0.39 is 23.8 Å². The molecule has 0 aliphatic carbocycles. The second-order valence-corrected chi connectivity index (χ2v) is 4.49. The number of carboxylic acid groups (broad SMARTS) is 1. The van der Waals surface area contributed by atoms with Gasteiger partial charge in [-0.15, -0.1) is 0 Å². The first kappa shape index (κ1) is 15.5. The lowest BCUT2D eigenvalue weighted by atomic mass is 10.00. The molecule has 0 saturated heterocycles. The van der Waals surface area contributed by atoms with Crippen LogP contribution in [0.1, 0.15) is 25.0 Å². The topological polar surface area (TPSA) is 49.3 Å². The molecule has 1 aromatic carbocycles. The fourth-order valence-corrected chi connectivity index (χ4v) is 1.86. The molecule has 0 amide bonds. The van der Waals surface area contributed by atoms with Gasteiger partial charge < -0.3 is 10.4 Å². The van der Waals surface area contributed by atoms with Gasteiger partial charge in [0.15, 0.2) is 0 Å². The molecule has 0 saturated carbocycles. The smallest absolute Gasteiger partial charge is 0.416 e. The van der Waals surface area contributed by atoms with Crippen LogP contribution in [0.4, 0.5) is 13.2 Å². The van der Waals surface area contributed by atoms with Crippen LogP contribution >= 0.6 is 0 Å². The average Bonchev–Trinajstić information content (AvgIpc) is 2.27. The van der Waals surface area contributed by atoms with Gasteiger partial charge in [0, 0.05) is 6.04 Å². The molecule has 0 aliphatic heterocycles. The summed E-state index contributed by atoms with van der Waals surface area (Å²) in [6.07, 6.45) is -4.28. The van der Waals surface area contributed by atoms with Gasteiger partial charge in [-0.3, -0.25) is 4.79 Å². The van der Waals surface area contributed by atoms with Crippen LogP contribution in [-0.2, 0) is 17.4 Å². The number of hydrogen-bond donors (Lipinski definition) is 2. The molecule has 0 radical (unpaired) electrons. The van der Waals surface area contributed by atoms with Gasteiger partial charge in [-0.1, -0.05) is 18.2 Å². The van der Waals surface area contributed by atoms with Crippen LogP contribution in [0.2, 0.25) is 0 Å². The van der Waals surface area contributed by atoms with E-state index in [1.165, 1.54) is 25.1 Å². The summed E-state index contributed by atoms with van der Waals surface area (Å²) in [7, 11) is 0. The Morgan fingerprint density at radius 3 is 2.42 bits per heavy atom. The van der Waals surface area contributed by atoms with Gasteiger partial charge >= 0.3 is 12.1 Å². The van der Waals surface area contributed by atoms with Crippen molar-refractivity contribution in [2.24, 2.45) is 0 Å². The van der Waals surface area contributed by atoms with E-state index in [-0.39, 0.29) is 18.0 Å². The van der Waals surface area contributed by atoms with Gasteiger partial charge in [0.2, 0.25) is 0 Å². The molecule has 3 nitrogen and oxygen atoms in total. The van der Waals surface area contributed by atoms with Crippen molar-refractivity contribution < 1.29 is 23.1 Å². The van der Waals surface area contributed by atoms with Crippen molar-refractivity contribution in [3.63, 3.8) is 0 Å². The number of alkyl halides is 3. The van der Waals surface area contributed by atoms with Gasteiger partial charge in [0.25, 0.3) is 0 Å². The van der Waals surface area contributed by atoms with Crippen molar-refractivity contribution in [3.05, 3.63) is 35.4 Å². The van der Waals surface area contributed by atoms with E-state index in [9.17, 15) is 18.0 Å². The van der Waals surface area contributed by atoms with E-state index in [0.29, 0.717) is 0 Å². The SMILES string of the molecule is CC(Cc1ccccc1C(F)(F)F)NC(C)C(=O)O. The van der Waals surface area contributed by atoms with Gasteiger partial charge in [-0.05, 0) is 31.9 Å². The summed E-state index contributed by atoms with van der Waals surface area (Å²) in [4.78, 5) is 10.7. The molecule has 0 heterocycles. The standard InChI is InChI=1S/C13H16F3NO2/c1-8(17-9(2)12(18)19)7-10-5-3-4-6-11(10)13(14,15)16/h3-6,8-9,17H,7H2,1-2H3,(H,18,19). The van der Waals surface area contributed by atoms with Gasteiger partial charge in [0.05, 0.1) is 5.56 Å². The summed E-state index contributed by atoms with van der Waals surface area (Å²) in [6.45, 7) is 3.11. The fourth-order valence-electron chi connectivity index (χ4n) is 1.86. The molecular weight excluding hydrogens is 259 g/mol. The first-order valence-electron chi connectivity index (χ1n) is 5.85. The molecule has 0 fully saturated rings.